The number of thioether (sulfide) groups is 1. The number of hydrogen-bond acceptors (Lipinski definition) is 3. The van der Waals surface area contributed by atoms with Crippen LogP contribution in [0.1, 0.15) is 45.4 Å². The molecule has 0 radical (unpaired) electrons. The number of carbonyl (C=O) groups excluding carboxylic acids is 2. The summed E-state index contributed by atoms with van der Waals surface area (Å²) in [6.07, 6.45) is 5.95. The van der Waals surface area contributed by atoms with Crippen molar-refractivity contribution in [2.45, 2.75) is 55.6 Å². The fourth-order valence-electron chi connectivity index (χ4n) is 3.52. The molecule has 0 heterocycles. The predicted molar refractivity (Wildman–Crippen MR) is 117 cm³/mol. The Balaban J connectivity index is 1.62. The second-order valence-corrected chi connectivity index (χ2v) is 8.61. The van der Waals surface area contributed by atoms with Gasteiger partial charge in [0.1, 0.15) is 5.82 Å². The summed E-state index contributed by atoms with van der Waals surface area (Å²) < 4.78 is 13.8. The van der Waals surface area contributed by atoms with E-state index >= 15 is 0 Å². The number of hydrogen-bond donors (Lipinski definition) is 2. The molecule has 1 aliphatic carbocycles. The number of rotatable bonds is 7. The van der Waals surface area contributed by atoms with Gasteiger partial charge >= 0.3 is 0 Å². The van der Waals surface area contributed by atoms with Gasteiger partial charge in [0.2, 0.25) is 11.8 Å². The number of para-hydroxylation sites is 1. The van der Waals surface area contributed by atoms with Crippen molar-refractivity contribution in [2.24, 2.45) is 5.92 Å². The van der Waals surface area contributed by atoms with Crippen LogP contribution in [0.25, 0.3) is 0 Å². The lowest BCUT2D eigenvalue weighted by Gasteiger charge is -2.21. The minimum atomic E-state index is -0.451. The highest BCUT2D eigenvalue weighted by Crippen LogP contribution is 2.30. The highest BCUT2D eigenvalue weighted by molar-refractivity contribution is 8.00. The molecule has 2 N–H and O–H groups in total. The first-order valence-electron chi connectivity index (χ1n) is 10.2. The van der Waals surface area contributed by atoms with E-state index in [1.54, 1.807) is 18.2 Å². The van der Waals surface area contributed by atoms with Crippen LogP contribution >= 0.6 is 11.8 Å². The number of benzene rings is 2. The van der Waals surface area contributed by atoms with E-state index in [2.05, 4.69) is 10.6 Å². The monoisotopic (exact) mass is 414 g/mol. The van der Waals surface area contributed by atoms with Crippen LogP contribution in [-0.2, 0) is 9.59 Å². The van der Waals surface area contributed by atoms with Crippen LogP contribution in [0.2, 0.25) is 0 Å². The summed E-state index contributed by atoms with van der Waals surface area (Å²) in [7, 11) is 0. The molecule has 29 heavy (non-hydrogen) atoms. The summed E-state index contributed by atoms with van der Waals surface area (Å²) in [6.45, 7) is 1.92. The standard InChI is InChI=1S/C23H27FN2O2S/c1-2-21(23(28)26-20-14-7-6-13-19(20)24)29-18-12-8-11-17(15-18)25-22(27)16-9-4-3-5-10-16/h6-8,11-16,21H,2-5,9-10H2,1H3,(H,25,27)(H,26,28). The lowest BCUT2D eigenvalue weighted by atomic mass is 9.88. The van der Waals surface area contributed by atoms with Crippen molar-refractivity contribution in [3.8, 4) is 0 Å². The topological polar surface area (TPSA) is 58.2 Å². The van der Waals surface area contributed by atoms with Crippen LogP contribution in [0, 0.1) is 11.7 Å². The normalized spacial score (nSPS) is 15.5. The van der Waals surface area contributed by atoms with Crippen LogP contribution in [0.3, 0.4) is 0 Å². The van der Waals surface area contributed by atoms with Crippen molar-refractivity contribution in [1.29, 1.82) is 0 Å². The fraction of sp³-hybridized carbons (Fsp3) is 0.391. The van der Waals surface area contributed by atoms with E-state index in [0.717, 1.165) is 36.3 Å². The minimum Gasteiger partial charge on any atom is -0.326 e. The average Bonchev–Trinajstić information content (AvgIpc) is 2.74. The van der Waals surface area contributed by atoms with Gasteiger partial charge in [-0.15, -0.1) is 11.8 Å². The quantitative estimate of drug-likeness (QED) is 0.559. The molecule has 1 fully saturated rings. The van der Waals surface area contributed by atoms with Crippen molar-refractivity contribution in [2.75, 3.05) is 10.6 Å². The first-order chi connectivity index (χ1) is 14.1. The van der Waals surface area contributed by atoms with Gasteiger partial charge < -0.3 is 10.6 Å². The molecule has 0 spiro atoms. The summed E-state index contributed by atoms with van der Waals surface area (Å²) in [5.41, 5.74) is 0.931. The van der Waals surface area contributed by atoms with Crippen LogP contribution in [0.5, 0.6) is 0 Å². The van der Waals surface area contributed by atoms with Crippen LogP contribution in [0.4, 0.5) is 15.8 Å². The molecule has 0 bridgehead atoms. The Labute approximate surface area is 175 Å². The summed E-state index contributed by atoms with van der Waals surface area (Å²) in [4.78, 5) is 26.0. The number of anilines is 2. The van der Waals surface area contributed by atoms with E-state index in [0.29, 0.717) is 6.42 Å². The third kappa shape index (κ3) is 6.07. The van der Waals surface area contributed by atoms with Crippen LogP contribution in [-0.4, -0.2) is 17.1 Å². The molecule has 4 nitrogen and oxygen atoms in total. The van der Waals surface area contributed by atoms with Gasteiger partial charge in [0.05, 0.1) is 10.9 Å². The lowest BCUT2D eigenvalue weighted by molar-refractivity contribution is -0.120. The summed E-state index contributed by atoms with van der Waals surface area (Å²) in [6, 6.07) is 13.7. The molecule has 0 aliphatic heterocycles. The van der Waals surface area contributed by atoms with E-state index < -0.39 is 5.82 Å². The van der Waals surface area contributed by atoms with Crippen LogP contribution in [0.15, 0.2) is 53.4 Å². The maximum absolute atomic E-state index is 13.8. The SMILES string of the molecule is CCC(Sc1cccc(NC(=O)C2CCCCC2)c1)C(=O)Nc1ccccc1F. The van der Waals surface area contributed by atoms with E-state index in [1.165, 1.54) is 24.2 Å². The molecule has 1 aliphatic rings. The molecule has 2 aromatic carbocycles. The van der Waals surface area contributed by atoms with E-state index in [1.807, 2.05) is 31.2 Å². The van der Waals surface area contributed by atoms with E-state index in [-0.39, 0.29) is 28.7 Å². The molecule has 0 aromatic heterocycles. The molecule has 3 rings (SSSR count). The summed E-state index contributed by atoms with van der Waals surface area (Å²) >= 11 is 1.41. The lowest BCUT2D eigenvalue weighted by Crippen LogP contribution is -2.25. The third-order valence-corrected chi connectivity index (χ3v) is 6.51. The number of carbonyl (C=O) groups is 2. The molecule has 1 saturated carbocycles. The first-order valence-corrected chi connectivity index (χ1v) is 11.1. The Morgan fingerprint density at radius 2 is 1.83 bits per heavy atom. The van der Waals surface area contributed by atoms with Gasteiger partial charge in [0.15, 0.2) is 0 Å². The zero-order chi connectivity index (χ0) is 20.6. The van der Waals surface area contributed by atoms with Gasteiger partial charge in [-0.3, -0.25) is 9.59 Å². The average molecular weight is 415 g/mol. The van der Waals surface area contributed by atoms with Gasteiger partial charge in [0, 0.05) is 16.5 Å². The fourth-order valence-corrected chi connectivity index (χ4v) is 4.53. The largest absolute Gasteiger partial charge is 0.326 e. The molecule has 154 valence electrons. The molecule has 1 atom stereocenters. The van der Waals surface area contributed by atoms with Gasteiger partial charge in [-0.05, 0) is 49.6 Å². The number of amides is 2. The highest BCUT2D eigenvalue weighted by atomic mass is 32.2. The number of halogens is 1. The van der Waals surface area contributed by atoms with Crippen LogP contribution < -0.4 is 10.6 Å². The van der Waals surface area contributed by atoms with Crippen molar-refractivity contribution < 1.29 is 14.0 Å². The molecule has 1 unspecified atom stereocenters. The molecule has 2 aromatic rings. The summed E-state index contributed by atoms with van der Waals surface area (Å²) in [5, 5.41) is 5.32. The van der Waals surface area contributed by atoms with Gasteiger partial charge in [0.25, 0.3) is 0 Å². The molecule has 2 amide bonds. The molecule has 0 saturated heterocycles. The van der Waals surface area contributed by atoms with Crippen molar-refractivity contribution >= 4 is 35.0 Å². The highest BCUT2D eigenvalue weighted by Gasteiger charge is 2.22. The predicted octanol–water partition coefficient (Wildman–Crippen LogP) is 5.85. The second kappa shape index (κ2) is 10.4. The maximum atomic E-state index is 13.8. The minimum absolute atomic E-state index is 0.0798. The van der Waals surface area contributed by atoms with Gasteiger partial charge in [-0.25, -0.2) is 4.39 Å². The second-order valence-electron chi connectivity index (χ2n) is 7.34. The van der Waals surface area contributed by atoms with E-state index in [9.17, 15) is 14.0 Å². The molecular weight excluding hydrogens is 387 g/mol. The Morgan fingerprint density at radius 3 is 2.55 bits per heavy atom. The Bertz CT molecular complexity index is 852. The zero-order valence-electron chi connectivity index (χ0n) is 16.6. The Morgan fingerprint density at radius 1 is 1.07 bits per heavy atom. The van der Waals surface area contributed by atoms with Gasteiger partial charge in [-0.1, -0.05) is 44.4 Å². The number of nitrogens with one attached hydrogen (secondary N) is 2. The van der Waals surface area contributed by atoms with Gasteiger partial charge in [-0.2, -0.15) is 0 Å². The smallest absolute Gasteiger partial charge is 0.237 e. The Kier molecular flexibility index (Phi) is 7.69. The Hall–Kier alpha value is -2.34. The zero-order valence-corrected chi connectivity index (χ0v) is 17.4. The first kappa shape index (κ1) is 21.4. The van der Waals surface area contributed by atoms with Crippen molar-refractivity contribution in [1.82, 2.24) is 0 Å². The van der Waals surface area contributed by atoms with E-state index in [4.69, 9.17) is 0 Å². The van der Waals surface area contributed by atoms with Crippen molar-refractivity contribution in [3.63, 3.8) is 0 Å². The molecular formula is C23H27FN2O2S. The van der Waals surface area contributed by atoms with Crippen molar-refractivity contribution in [3.05, 3.63) is 54.3 Å². The third-order valence-electron chi connectivity index (χ3n) is 5.15. The maximum Gasteiger partial charge on any atom is 0.237 e. The summed E-state index contributed by atoms with van der Waals surface area (Å²) in [5.74, 6) is -0.515. The molecule has 6 heteroatoms.